The van der Waals surface area contributed by atoms with Crippen LogP contribution in [0.5, 0.6) is 0 Å². The van der Waals surface area contributed by atoms with E-state index in [2.05, 4.69) is 20.8 Å². The Balaban J connectivity index is 3.35. The third-order valence-electron chi connectivity index (χ3n) is 1.24. The first kappa shape index (κ1) is 11.9. The topological polar surface area (TPSA) is 18.5 Å². The molecule has 2 heteroatoms. The highest BCUT2D eigenvalue weighted by Crippen LogP contribution is 2.18. The average molecular weight is 174 g/mol. The Hall–Kier alpha value is -0.0800. The van der Waals surface area contributed by atoms with Gasteiger partial charge >= 0.3 is 0 Å². The molecule has 0 unspecified atom stereocenters. The minimum Gasteiger partial charge on any atom is -0.236 e. The molecule has 12 heavy (non-hydrogen) atoms. The number of rotatable bonds is 3. The van der Waals surface area contributed by atoms with E-state index < -0.39 is 0 Å². The molecule has 0 amide bonds. The Labute approximate surface area is 76.2 Å². The Kier molecular flexibility index (Phi) is 4.21. The van der Waals surface area contributed by atoms with E-state index in [1.165, 1.54) is 0 Å². The van der Waals surface area contributed by atoms with Crippen molar-refractivity contribution in [1.29, 1.82) is 0 Å². The average Bonchev–Trinajstić information content (AvgIpc) is 1.76. The lowest BCUT2D eigenvalue weighted by Crippen LogP contribution is -2.21. The molecule has 0 aromatic carbocycles. The van der Waals surface area contributed by atoms with E-state index in [4.69, 9.17) is 9.78 Å². The first-order valence-corrected chi connectivity index (χ1v) is 4.51. The summed E-state index contributed by atoms with van der Waals surface area (Å²) in [5.41, 5.74) is 0.124. The molecule has 0 saturated carbocycles. The van der Waals surface area contributed by atoms with Gasteiger partial charge < -0.3 is 0 Å². The quantitative estimate of drug-likeness (QED) is 0.372. The van der Waals surface area contributed by atoms with E-state index in [1.807, 2.05) is 20.8 Å². The fourth-order valence-electron chi connectivity index (χ4n) is 0.566. The Bertz CT molecular complexity index is 101. The lowest BCUT2D eigenvalue weighted by atomic mass is 9.93. The van der Waals surface area contributed by atoms with E-state index in [1.54, 1.807) is 0 Å². The second-order valence-corrected chi connectivity index (χ2v) is 5.33. The molecule has 0 aliphatic carbocycles. The van der Waals surface area contributed by atoms with E-state index in [0.717, 1.165) is 6.42 Å². The Morgan fingerprint density at radius 2 is 1.42 bits per heavy atom. The van der Waals surface area contributed by atoms with Crippen LogP contribution in [0.2, 0.25) is 0 Å². The van der Waals surface area contributed by atoms with Crippen LogP contribution in [0.1, 0.15) is 48.0 Å². The maximum absolute atomic E-state index is 5.12. The SMILES string of the molecule is CC(C)(C)CCOOC(C)(C)C. The van der Waals surface area contributed by atoms with Crippen LogP contribution in [0, 0.1) is 5.41 Å². The van der Waals surface area contributed by atoms with Gasteiger partial charge in [0.1, 0.15) is 0 Å². The molecule has 0 aromatic heterocycles. The molecule has 0 atom stereocenters. The summed E-state index contributed by atoms with van der Waals surface area (Å²) in [5.74, 6) is 0. The third-order valence-corrected chi connectivity index (χ3v) is 1.24. The van der Waals surface area contributed by atoms with Crippen molar-refractivity contribution >= 4 is 0 Å². The molecule has 0 heterocycles. The third kappa shape index (κ3) is 9.92. The van der Waals surface area contributed by atoms with Crippen LogP contribution < -0.4 is 0 Å². The van der Waals surface area contributed by atoms with Crippen molar-refractivity contribution < 1.29 is 9.78 Å². The highest BCUT2D eigenvalue weighted by atomic mass is 17.2. The molecule has 0 saturated heterocycles. The minimum absolute atomic E-state index is 0.197. The van der Waals surface area contributed by atoms with Crippen LogP contribution in [0.25, 0.3) is 0 Å². The molecular formula is C10H22O2. The monoisotopic (exact) mass is 174 g/mol. The van der Waals surface area contributed by atoms with E-state index in [0.29, 0.717) is 12.0 Å². The predicted molar refractivity (Wildman–Crippen MR) is 50.9 cm³/mol. The summed E-state index contributed by atoms with van der Waals surface area (Å²) in [6.07, 6.45) is 1.02. The van der Waals surface area contributed by atoms with Crippen LogP contribution in [0.3, 0.4) is 0 Å². The Morgan fingerprint density at radius 3 is 1.75 bits per heavy atom. The Morgan fingerprint density at radius 1 is 0.917 bits per heavy atom. The second kappa shape index (κ2) is 4.24. The molecule has 74 valence electrons. The maximum atomic E-state index is 5.12. The summed E-state index contributed by atoms with van der Waals surface area (Å²) in [5, 5.41) is 0. The molecule has 0 aliphatic heterocycles. The molecule has 0 aliphatic rings. The fourth-order valence-corrected chi connectivity index (χ4v) is 0.566. The summed E-state index contributed by atoms with van der Waals surface area (Å²) in [6, 6.07) is 0. The van der Waals surface area contributed by atoms with Crippen molar-refractivity contribution in [1.82, 2.24) is 0 Å². The van der Waals surface area contributed by atoms with Gasteiger partial charge in [-0.15, -0.1) is 0 Å². The zero-order valence-corrected chi connectivity index (χ0v) is 9.23. The normalized spacial score (nSPS) is 13.5. The largest absolute Gasteiger partial charge is 0.236 e. The first-order chi connectivity index (χ1) is 5.21. The zero-order chi connectivity index (χ0) is 9.83. The lowest BCUT2D eigenvalue weighted by molar-refractivity contribution is -0.350. The van der Waals surface area contributed by atoms with E-state index in [-0.39, 0.29) is 5.60 Å². The van der Waals surface area contributed by atoms with Crippen molar-refractivity contribution in [2.24, 2.45) is 5.41 Å². The van der Waals surface area contributed by atoms with Gasteiger partial charge in [0.15, 0.2) is 0 Å². The van der Waals surface area contributed by atoms with Gasteiger partial charge in [-0.2, -0.15) is 0 Å². The van der Waals surface area contributed by atoms with Gasteiger partial charge in [0.25, 0.3) is 0 Å². The summed E-state index contributed by atoms with van der Waals surface area (Å²) >= 11 is 0. The molecule has 2 nitrogen and oxygen atoms in total. The highest BCUT2D eigenvalue weighted by molar-refractivity contribution is 4.59. The van der Waals surface area contributed by atoms with Crippen molar-refractivity contribution in [3.8, 4) is 0 Å². The van der Waals surface area contributed by atoms with Gasteiger partial charge in [-0.3, -0.25) is 0 Å². The highest BCUT2D eigenvalue weighted by Gasteiger charge is 2.13. The summed E-state index contributed by atoms with van der Waals surface area (Å²) < 4.78 is 0. The van der Waals surface area contributed by atoms with Crippen molar-refractivity contribution in [3.05, 3.63) is 0 Å². The summed E-state index contributed by atoms with van der Waals surface area (Å²) in [7, 11) is 0. The summed E-state index contributed by atoms with van der Waals surface area (Å²) in [4.78, 5) is 10.2. The van der Waals surface area contributed by atoms with Gasteiger partial charge in [-0.1, -0.05) is 20.8 Å². The zero-order valence-electron chi connectivity index (χ0n) is 9.23. The van der Waals surface area contributed by atoms with Crippen LogP contribution in [0.4, 0.5) is 0 Å². The van der Waals surface area contributed by atoms with Crippen molar-refractivity contribution in [2.45, 2.75) is 53.6 Å². The van der Waals surface area contributed by atoms with Gasteiger partial charge in [0.2, 0.25) is 0 Å². The molecule has 0 fully saturated rings. The molecular weight excluding hydrogens is 152 g/mol. The van der Waals surface area contributed by atoms with Crippen LogP contribution in [0.15, 0.2) is 0 Å². The first-order valence-electron chi connectivity index (χ1n) is 4.51. The van der Waals surface area contributed by atoms with Crippen LogP contribution >= 0.6 is 0 Å². The molecule has 0 radical (unpaired) electrons. The molecule has 0 aromatic rings. The fraction of sp³-hybridized carbons (Fsp3) is 1.00. The van der Waals surface area contributed by atoms with Crippen molar-refractivity contribution in [2.75, 3.05) is 6.61 Å². The van der Waals surface area contributed by atoms with Gasteiger partial charge in [-0.05, 0) is 32.6 Å². The van der Waals surface area contributed by atoms with Crippen molar-refractivity contribution in [3.63, 3.8) is 0 Å². The van der Waals surface area contributed by atoms with Gasteiger partial charge in [-0.25, -0.2) is 9.78 Å². The lowest BCUT2D eigenvalue weighted by Gasteiger charge is -2.21. The van der Waals surface area contributed by atoms with Crippen LogP contribution in [-0.4, -0.2) is 12.2 Å². The van der Waals surface area contributed by atoms with E-state index >= 15 is 0 Å². The smallest absolute Gasteiger partial charge is 0.0952 e. The van der Waals surface area contributed by atoms with Gasteiger partial charge in [0.05, 0.1) is 12.2 Å². The molecule has 0 bridgehead atoms. The molecule has 0 spiro atoms. The minimum atomic E-state index is -0.197. The van der Waals surface area contributed by atoms with E-state index in [9.17, 15) is 0 Å². The van der Waals surface area contributed by atoms with Gasteiger partial charge in [0, 0.05) is 0 Å². The summed E-state index contributed by atoms with van der Waals surface area (Å²) in [6.45, 7) is 13.2. The number of hydrogen-bond donors (Lipinski definition) is 0. The maximum Gasteiger partial charge on any atom is 0.0952 e. The molecule has 0 rings (SSSR count). The molecule has 0 N–H and O–H groups in total. The predicted octanol–water partition coefficient (Wildman–Crippen LogP) is 3.17. The standard InChI is InChI=1S/C10H22O2/c1-9(2,3)7-8-11-12-10(4,5)6/h7-8H2,1-6H3. The van der Waals surface area contributed by atoms with Crippen LogP contribution in [-0.2, 0) is 9.78 Å². The second-order valence-electron chi connectivity index (χ2n) is 5.33. The number of hydrogen-bond acceptors (Lipinski definition) is 2.